The van der Waals surface area contributed by atoms with Gasteiger partial charge in [0.05, 0.1) is 37.1 Å². The van der Waals surface area contributed by atoms with E-state index in [1.807, 2.05) is 6.07 Å². The molecule has 1 saturated heterocycles. The van der Waals surface area contributed by atoms with Crippen molar-refractivity contribution in [2.45, 2.75) is 26.7 Å². The molecule has 0 aliphatic carbocycles. The van der Waals surface area contributed by atoms with Crippen LogP contribution in [-0.2, 0) is 23.9 Å². The SMILES string of the molecule is CCOC(=O)CCNC(=O)N=C(c1ccccc1)N1CCN(C(=O)C(=O)c2cn(C(=O)NCCC(=O)OCC)c3cccc(F)c23)CC1. The zero-order valence-electron chi connectivity index (χ0n) is 26.7. The molecular formula is C33H37FN6O8. The number of esters is 2. The molecule has 0 saturated carbocycles. The van der Waals surface area contributed by atoms with Crippen LogP contribution >= 0.6 is 0 Å². The summed E-state index contributed by atoms with van der Waals surface area (Å²) in [6.45, 7) is 4.41. The fourth-order valence-electron chi connectivity index (χ4n) is 5.10. The van der Waals surface area contributed by atoms with Gasteiger partial charge in [0.25, 0.3) is 11.7 Å². The Balaban J connectivity index is 1.46. The molecule has 2 aromatic carbocycles. The zero-order chi connectivity index (χ0) is 34.6. The summed E-state index contributed by atoms with van der Waals surface area (Å²) in [6.07, 6.45) is 1.03. The van der Waals surface area contributed by atoms with Gasteiger partial charge in [0.2, 0.25) is 0 Å². The van der Waals surface area contributed by atoms with Gasteiger partial charge >= 0.3 is 24.0 Å². The van der Waals surface area contributed by atoms with Crippen molar-refractivity contribution in [3.63, 3.8) is 0 Å². The van der Waals surface area contributed by atoms with Crippen LogP contribution in [0.5, 0.6) is 0 Å². The van der Waals surface area contributed by atoms with Crippen LogP contribution in [0.3, 0.4) is 0 Å². The van der Waals surface area contributed by atoms with Crippen LogP contribution in [0.25, 0.3) is 10.9 Å². The van der Waals surface area contributed by atoms with Crippen molar-refractivity contribution in [1.82, 2.24) is 25.0 Å². The van der Waals surface area contributed by atoms with Crippen LogP contribution < -0.4 is 10.6 Å². The standard InChI is InChI=1S/C33H37FN6O8/c1-3-47-26(41)13-15-35-32(45)37-30(22-9-6-5-7-10-22)38-17-19-39(20-18-38)31(44)29(43)23-21-40(25-12-8-11-24(34)28(23)25)33(46)36-16-14-27(42)48-4-2/h5-12,21H,3-4,13-20H2,1-2H3,(H,35,45)(H,36,46). The molecule has 0 atom stereocenters. The highest BCUT2D eigenvalue weighted by Gasteiger charge is 2.32. The lowest BCUT2D eigenvalue weighted by molar-refractivity contribution is -0.143. The topological polar surface area (TPSA) is 169 Å². The lowest BCUT2D eigenvalue weighted by Gasteiger charge is -2.36. The van der Waals surface area contributed by atoms with Crippen molar-refractivity contribution in [1.29, 1.82) is 0 Å². The molecule has 48 heavy (non-hydrogen) atoms. The number of ketones is 1. The number of aliphatic imine (C=N–C) groups is 1. The van der Waals surface area contributed by atoms with Crippen molar-refractivity contribution in [3.8, 4) is 0 Å². The zero-order valence-corrected chi connectivity index (χ0v) is 26.7. The molecule has 0 spiro atoms. The number of amidine groups is 1. The predicted octanol–water partition coefficient (Wildman–Crippen LogP) is 2.73. The Labute approximate surface area is 275 Å². The van der Waals surface area contributed by atoms with E-state index < -0.39 is 41.5 Å². The molecule has 254 valence electrons. The van der Waals surface area contributed by atoms with E-state index in [1.165, 1.54) is 17.0 Å². The van der Waals surface area contributed by atoms with Gasteiger partial charge in [0.1, 0.15) is 11.7 Å². The molecule has 3 aromatic rings. The average molecular weight is 665 g/mol. The number of aromatic nitrogens is 1. The number of carbonyl (C=O) groups is 6. The van der Waals surface area contributed by atoms with Crippen molar-refractivity contribution in [2.75, 3.05) is 52.5 Å². The number of ether oxygens (including phenoxy) is 2. The summed E-state index contributed by atoms with van der Waals surface area (Å²) in [5, 5.41) is 4.94. The minimum Gasteiger partial charge on any atom is -0.466 e. The number of rotatable bonds is 11. The third-order valence-electron chi connectivity index (χ3n) is 7.36. The van der Waals surface area contributed by atoms with Crippen LogP contribution in [-0.4, -0.2) is 108 Å². The van der Waals surface area contributed by atoms with E-state index in [0.717, 1.165) is 16.8 Å². The third kappa shape index (κ3) is 8.80. The van der Waals surface area contributed by atoms with Gasteiger partial charge in [-0.25, -0.2) is 14.0 Å². The van der Waals surface area contributed by atoms with Gasteiger partial charge in [0.15, 0.2) is 0 Å². The maximum Gasteiger partial charge on any atom is 0.342 e. The predicted molar refractivity (Wildman–Crippen MR) is 172 cm³/mol. The molecular weight excluding hydrogens is 627 g/mol. The fourth-order valence-corrected chi connectivity index (χ4v) is 5.10. The van der Waals surface area contributed by atoms with Crippen molar-refractivity contribution in [2.24, 2.45) is 4.99 Å². The largest absolute Gasteiger partial charge is 0.466 e. The number of amides is 4. The fraction of sp³-hybridized carbons (Fsp3) is 0.364. The Hall–Kier alpha value is -5.60. The van der Waals surface area contributed by atoms with Gasteiger partial charge in [-0.2, -0.15) is 4.99 Å². The molecule has 1 aliphatic rings. The molecule has 2 N–H and O–H groups in total. The second-order valence-electron chi connectivity index (χ2n) is 10.5. The Kier molecular flexibility index (Phi) is 12.3. The van der Waals surface area contributed by atoms with Crippen molar-refractivity contribution >= 4 is 52.4 Å². The maximum absolute atomic E-state index is 15.0. The number of hydrogen-bond acceptors (Lipinski definition) is 8. The molecule has 1 aromatic heterocycles. The van der Waals surface area contributed by atoms with Gasteiger partial charge in [-0.3, -0.25) is 23.7 Å². The first kappa shape index (κ1) is 35.3. The number of carbonyl (C=O) groups excluding carboxylic acids is 6. The summed E-state index contributed by atoms with van der Waals surface area (Å²) >= 11 is 0. The van der Waals surface area contributed by atoms with Crippen molar-refractivity contribution < 1.29 is 42.6 Å². The van der Waals surface area contributed by atoms with E-state index in [4.69, 9.17) is 9.47 Å². The number of nitrogens with one attached hydrogen (secondary N) is 2. The first-order chi connectivity index (χ1) is 23.1. The molecule has 1 aliphatic heterocycles. The summed E-state index contributed by atoms with van der Waals surface area (Å²) < 4.78 is 25.8. The Bertz CT molecular complexity index is 1700. The smallest absolute Gasteiger partial charge is 0.342 e. The van der Waals surface area contributed by atoms with Gasteiger partial charge in [-0.05, 0) is 26.0 Å². The molecule has 2 heterocycles. The first-order valence-corrected chi connectivity index (χ1v) is 15.5. The minimum atomic E-state index is -0.991. The molecule has 0 bridgehead atoms. The number of piperazine rings is 1. The second kappa shape index (κ2) is 16.8. The number of fused-ring (bicyclic) bond motifs is 1. The summed E-state index contributed by atoms with van der Waals surface area (Å²) in [7, 11) is 0. The number of halogens is 1. The Morgan fingerprint density at radius 2 is 1.40 bits per heavy atom. The lowest BCUT2D eigenvalue weighted by atomic mass is 10.1. The number of urea groups is 1. The van der Waals surface area contributed by atoms with Gasteiger partial charge in [0, 0.05) is 56.4 Å². The van der Waals surface area contributed by atoms with Gasteiger partial charge in [-0.1, -0.05) is 36.4 Å². The van der Waals surface area contributed by atoms with Crippen LogP contribution in [0.2, 0.25) is 0 Å². The Morgan fingerprint density at radius 3 is 2.02 bits per heavy atom. The highest BCUT2D eigenvalue weighted by molar-refractivity contribution is 6.45. The minimum absolute atomic E-state index is 0.00664. The van der Waals surface area contributed by atoms with Crippen LogP contribution in [0.1, 0.15) is 42.6 Å². The number of hydrogen-bond donors (Lipinski definition) is 2. The van der Waals surface area contributed by atoms with Crippen molar-refractivity contribution in [3.05, 3.63) is 71.7 Å². The monoisotopic (exact) mass is 664 g/mol. The lowest BCUT2D eigenvalue weighted by Crippen LogP contribution is -2.52. The molecule has 14 nitrogen and oxygen atoms in total. The average Bonchev–Trinajstić information content (AvgIpc) is 3.48. The normalized spacial score (nSPS) is 13.2. The number of benzene rings is 2. The quantitative estimate of drug-likeness (QED) is 0.103. The molecule has 4 amide bonds. The van der Waals surface area contributed by atoms with Crippen LogP contribution in [0, 0.1) is 5.82 Å². The van der Waals surface area contributed by atoms with E-state index >= 15 is 4.39 Å². The van der Waals surface area contributed by atoms with E-state index in [-0.39, 0.29) is 81.8 Å². The van der Waals surface area contributed by atoms with E-state index in [9.17, 15) is 28.8 Å². The highest BCUT2D eigenvalue weighted by Crippen LogP contribution is 2.26. The summed E-state index contributed by atoms with van der Waals surface area (Å²) in [4.78, 5) is 83.1. The molecule has 0 unspecified atom stereocenters. The first-order valence-electron chi connectivity index (χ1n) is 15.5. The second-order valence-corrected chi connectivity index (χ2v) is 10.5. The highest BCUT2D eigenvalue weighted by atomic mass is 19.1. The molecule has 0 radical (unpaired) electrons. The van der Waals surface area contributed by atoms with Crippen LogP contribution in [0.15, 0.2) is 59.7 Å². The van der Waals surface area contributed by atoms with E-state index in [2.05, 4.69) is 15.6 Å². The Morgan fingerprint density at radius 1 is 0.792 bits per heavy atom. The summed E-state index contributed by atoms with van der Waals surface area (Å²) in [5.41, 5.74) is 0.452. The number of Topliss-reactive ketones (excluding diaryl/α,β-unsaturated/α-hetero) is 1. The maximum atomic E-state index is 15.0. The molecule has 15 heteroatoms. The molecule has 4 rings (SSSR count). The summed E-state index contributed by atoms with van der Waals surface area (Å²) in [5.74, 6) is -3.25. The summed E-state index contributed by atoms with van der Waals surface area (Å²) in [6, 6.07) is 11.5. The van der Waals surface area contributed by atoms with Gasteiger partial charge in [-0.15, -0.1) is 0 Å². The van der Waals surface area contributed by atoms with Gasteiger partial charge < -0.3 is 29.9 Å². The molecule has 1 fully saturated rings. The third-order valence-corrected chi connectivity index (χ3v) is 7.36. The number of nitrogens with zero attached hydrogens (tertiary/aromatic N) is 4. The van der Waals surface area contributed by atoms with Crippen LogP contribution in [0.4, 0.5) is 14.0 Å². The van der Waals surface area contributed by atoms with E-state index in [0.29, 0.717) is 11.4 Å². The van der Waals surface area contributed by atoms with E-state index in [1.54, 1.807) is 43.0 Å².